The van der Waals surface area contributed by atoms with Crippen LogP contribution in [0.1, 0.15) is 17.3 Å². The molecule has 0 radical (unpaired) electrons. The van der Waals surface area contributed by atoms with Gasteiger partial charge in [-0.3, -0.25) is 4.79 Å². The van der Waals surface area contributed by atoms with Gasteiger partial charge in [-0.05, 0) is 19.1 Å². The third-order valence-electron chi connectivity index (χ3n) is 1.90. The lowest BCUT2D eigenvalue weighted by atomic mass is 10.2. The molecule has 88 valence electrons. The van der Waals surface area contributed by atoms with Crippen molar-refractivity contribution in [1.29, 1.82) is 0 Å². The van der Waals surface area contributed by atoms with Crippen molar-refractivity contribution in [2.24, 2.45) is 0 Å². The highest BCUT2D eigenvalue weighted by atomic mass is 35.5. The second-order valence-electron chi connectivity index (χ2n) is 3.41. The van der Waals surface area contributed by atoms with Crippen molar-refractivity contribution in [3.63, 3.8) is 0 Å². The Hall–Kier alpha value is -0.970. The van der Waals surface area contributed by atoms with Gasteiger partial charge in [-0.25, -0.2) is 0 Å². The van der Waals surface area contributed by atoms with E-state index < -0.39 is 6.10 Å². The van der Waals surface area contributed by atoms with Gasteiger partial charge in [0.05, 0.1) is 21.8 Å². The Morgan fingerprint density at radius 1 is 1.50 bits per heavy atom. The van der Waals surface area contributed by atoms with Crippen LogP contribution in [-0.2, 0) is 0 Å². The quantitative estimate of drug-likeness (QED) is 0.726. The van der Waals surface area contributed by atoms with E-state index in [0.717, 1.165) is 0 Å². The average molecular weight is 263 g/mol. The second kappa shape index (κ2) is 5.39. The summed E-state index contributed by atoms with van der Waals surface area (Å²) in [5.74, 6) is -0.357. The summed E-state index contributed by atoms with van der Waals surface area (Å²) in [6.07, 6.45) is -0.608. The SMILES string of the molecule is C[C@H](O)CNC(=O)c1cc(Cl)c(N)c(Cl)c1. The van der Waals surface area contributed by atoms with Gasteiger partial charge >= 0.3 is 0 Å². The third kappa shape index (κ3) is 3.27. The van der Waals surface area contributed by atoms with Gasteiger partial charge in [-0.15, -0.1) is 0 Å². The Morgan fingerprint density at radius 2 is 2.00 bits per heavy atom. The number of nitrogens with one attached hydrogen (secondary N) is 1. The van der Waals surface area contributed by atoms with E-state index in [2.05, 4.69) is 5.32 Å². The molecule has 16 heavy (non-hydrogen) atoms. The molecule has 0 spiro atoms. The predicted octanol–water partition coefficient (Wildman–Crippen LogP) is 1.69. The number of aliphatic hydroxyl groups excluding tert-OH is 1. The lowest BCUT2D eigenvalue weighted by Crippen LogP contribution is -2.30. The highest BCUT2D eigenvalue weighted by Crippen LogP contribution is 2.28. The zero-order valence-electron chi connectivity index (χ0n) is 8.63. The summed E-state index contributed by atoms with van der Waals surface area (Å²) in [5, 5.41) is 12.0. The maximum absolute atomic E-state index is 11.6. The van der Waals surface area contributed by atoms with Gasteiger partial charge in [-0.1, -0.05) is 23.2 Å². The molecule has 0 aliphatic rings. The van der Waals surface area contributed by atoms with E-state index >= 15 is 0 Å². The van der Waals surface area contributed by atoms with Crippen molar-refractivity contribution in [2.45, 2.75) is 13.0 Å². The molecule has 1 aromatic rings. The molecule has 0 aliphatic heterocycles. The number of carbonyl (C=O) groups excluding carboxylic acids is 1. The lowest BCUT2D eigenvalue weighted by Gasteiger charge is -2.09. The number of nitrogen functional groups attached to an aromatic ring is 1. The van der Waals surface area contributed by atoms with E-state index in [0.29, 0.717) is 5.56 Å². The van der Waals surface area contributed by atoms with Crippen LogP contribution in [0.3, 0.4) is 0 Å². The van der Waals surface area contributed by atoms with Gasteiger partial charge in [0, 0.05) is 12.1 Å². The fraction of sp³-hybridized carbons (Fsp3) is 0.300. The van der Waals surface area contributed by atoms with Crippen LogP contribution >= 0.6 is 23.2 Å². The van der Waals surface area contributed by atoms with Crippen molar-refractivity contribution < 1.29 is 9.90 Å². The summed E-state index contributed by atoms with van der Waals surface area (Å²) >= 11 is 11.6. The van der Waals surface area contributed by atoms with Crippen molar-refractivity contribution in [2.75, 3.05) is 12.3 Å². The molecule has 0 saturated carbocycles. The average Bonchev–Trinajstić information content (AvgIpc) is 2.21. The van der Waals surface area contributed by atoms with Gasteiger partial charge in [0.1, 0.15) is 0 Å². The summed E-state index contributed by atoms with van der Waals surface area (Å²) in [6.45, 7) is 1.74. The number of nitrogens with two attached hydrogens (primary N) is 1. The topological polar surface area (TPSA) is 75.3 Å². The molecule has 0 fully saturated rings. The first-order chi connectivity index (χ1) is 7.41. The molecule has 0 unspecified atom stereocenters. The number of amides is 1. The Bertz CT molecular complexity index is 385. The van der Waals surface area contributed by atoms with Crippen LogP contribution in [0.2, 0.25) is 10.0 Å². The fourth-order valence-corrected chi connectivity index (χ4v) is 1.54. The van der Waals surface area contributed by atoms with Gasteiger partial charge in [-0.2, -0.15) is 0 Å². The number of benzene rings is 1. The van der Waals surface area contributed by atoms with Crippen LogP contribution in [0, 0.1) is 0 Å². The standard InChI is InChI=1S/C10H12Cl2N2O2/c1-5(15)4-14-10(16)6-2-7(11)9(13)8(12)3-6/h2-3,5,15H,4,13H2,1H3,(H,14,16)/t5-/m0/s1. The van der Waals surface area contributed by atoms with E-state index in [4.69, 9.17) is 34.0 Å². The third-order valence-corrected chi connectivity index (χ3v) is 2.52. The highest BCUT2D eigenvalue weighted by Gasteiger charge is 2.11. The predicted molar refractivity (Wildman–Crippen MR) is 64.9 cm³/mol. The van der Waals surface area contributed by atoms with E-state index in [9.17, 15) is 4.79 Å². The summed E-state index contributed by atoms with van der Waals surface area (Å²) in [7, 11) is 0. The minimum Gasteiger partial charge on any atom is -0.396 e. The molecule has 1 aromatic carbocycles. The van der Waals surface area contributed by atoms with Crippen molar-refractivity contribution >= 4 is 34.8 Å². The van der Waals surface area contributed by atoms with E-state index in [1.54, 1.807) is 6.92 Å². The molecule has 0 aliphatic carbocycles. The summed E-state index contributed by atoms with van der Waals surface area (Å²) < 4.78 is 0. The van der Waals surface area contributed by atoms with Gasteiger partial charge in [0.25, 0.3) is 5.91 Å². The molecule has 1 rings (SSSR count). The van der Waals surface area contributed by atoms with Crippen LogP contribution in [0.15, 0.2) is 12.1 Å². The first-order valence-electron chi connectivity index (χ1n) is 4.62. The van der Waals surface area contributed by atoms with Crippen molar-refractivity contribution in [3.05, 3.63) is 27.7 Å². The van der Waals surface area contributed by atoms with Crippen LogP contribution in [0.4, 0.5) is 5.69 Å². The minimum absolute atomic E-state index is 0.165. The molecule has 4 N–H and O–H groups in total. The molecule has 6 heteroatoms. The molecular weight excluding hydrogens is 251 g/mol. The molecule has 4 nitrogen and oxygen atoms in total. The van der Waals surface area contributed by atoms with Crippen LogP contribution < -0.4 is 11.1 Å². The highest BCUT2D eigenvalue weighted by molar-refractivity contribution is 6.39. The fourth-order valence-electron chi connectivity index (χ4n) is 1.06. The summed E-state index contributed by atoms with van der Waals surface area (Å²) in [4.78, 5) is 11.6. The monoisotopic (exact) mass is 262 g/mol. The van der Waals surface area contributed by atoms with Crippen LogP contribution in [0.25, 0.3) is 0 Å². The maximum atomic E-state index is 11.6. The van der Waals surface area contributed by atoms with Gasteiger partial charge < -0.3 is 16.2 Å². The van der Waals surface area contributed by atoms with Crippen molar-refractivity contribution in [1.82, 2.24) is 5.32 Å². The van der Waals surface area contributed by atoms with Crippen LogP contribution in [0.5, 0.6) is 0 Å². The van der Waals surface area contributed by atoms with Gasteiger partial charge in [0.15, 0.2) is 0 Å². The molecular formula is C10H12Cl2N2O2. The number of carbonyl (C=O) groups is 1. The van der Waals surface area contributed by atoms with Crippen molar-refractivity contribution in [3.8, 4) is 0 Å². The zero-order valence-corrected chi connectivity index (χ0v) is 10.1. The first kappa shape index (κ1) is 13.1. The Labute approximate surface area is 103 Å². The molecule has 0 heterocycles. The Kier molecular flexibility index (Phi) is 4.41. The Morgan fingerprint density at radius 3 is 2.44 bits per heavy atom. The normalized spacial score (nSPS) is 12.2. The minimum atomic E-state index is -0.608. The number of hydrogen-bond acceptors (Lipinski definition) is 3. The first-order valence-corrected chi connectivity index (χ1v) is 5.38. The summed E-state index contributed by atoms with van der Waals surface area (Å²) in [5.41, 5.74) is 6.09. The van der Waals surface area contributed by atoms with E-state index in [-0.39, 0.29) is 28.2 Å². The number of halogens is 2. The molecule has 0 bridgehead atoms. The zero-order chi connectivity index (χ0) is 12.3. The van der Waals surface area contributed by atoms with E-state index in [1.165, 1.54) is 12.1 Å². The number of anilines is 1. The molecule has 0 aromatic heterocycles. The molecule has 1 atom stereocenters. The molecule has 1 amide bonds. The Balaban J connectivity index is 2.84. The summed E-state index contributed by atoms with van der Waals surface area (Å²) in [6, 6.07) is 2.86. The number of hydrogen-bond donors (Lipinski definition) is 3. The van der Waals surface area contributed by atoms with E-state index in [1.807, 2.05) is 0 Å². The maximum Gasteiger partial charge on any atom is 0.251 e. The smallest absolute Gasteiger partial charge is 0.251 e. The molecule has 0 saturated heterocycles. The van der Waals surface area contributed by atoms with Crippen LogP contribution in [-0.4, -0.2) is 23.7 Å². The lowest BCUT2D eigenvalue weighted by molar-refractivity contribution is 0.0924. The van der Waals surface area contributed by atoms with Gasteiger partial charge in [0.2, 0.25) is 0 Å². The largest absolute Gasteiger partial charge is 0.396 e. The second-order valence-corrected chi connectivity index (χ2v) is 4.23. The number of aliphatic hydroxyl groups is 1. The number of rotatable bonds is 3.